The number of fused-ring (bicyclic) bond motifs is 1. The van der Waals surface area contributed by atoms with Gasteiger partial charge in [0, 0.05) is 18.8 Å². The molecule has 0 aliphatic carbocycles. The summed E-state index contributed by atoms with van der Waals surface area (Å²) in [6.45, 7) is 2.45. The number of methoxy groups -OCH3 is 1. The van der Waals surface area contributed by atoms with E-state index in [1.807, 2.05) is 24.3 Å². The largest absolute Gasteiger partial charge is 0.496 e. The maximum Gasteiger partial charge on any atom is 0.332 e. The van der Waals surface area contributed by atoms with E-state index in [-0.39, 0.29) is 12.6 Å². The standard InChI is InChI=1S/C26H28N4O7S/c1-15-21-24(32)29(14-20(27)31)26(33)30(25(21)38-22(15)23-28-9-12-36-23)13-19(37-16-7-10-35-11-8-16)17-5-3-4-6-18(17)34-2/h3-6,9,12,16,19H,7-8,10-11,13-14H2,1-2H3,(H2,27,31). The molecule has 1 fully saturated rings. The number of carbonyl (C=O) groups excluding carboxylic acids is 1. The van der Waals surface area contributed by atoms with E-state index in [0.717, 1.165) is 10.1 Å². The Balaban J connectivity index is 1.70. The van der Waals surface area contributed by atoms with Crippen LogP contribution in [0.5, 0.6) is 5.75 Å². The number of nitrogens with zero attached hydrogens (tertiary/aromatic N) is 3. The minimum atomic E-state index is -0.796. The van der Waals surface area contributed by atoms with E-state index in [1.54, 1.807) is 14.0 Å². The Morgan fingerprint density at radius 3 is 2.68 bits per heavy atom. The number of carbonyl (C=O) groups is 1. The van der Waals surface area contributed by atoms with E-state index < -0.39 is 29.8 Å². The summed E-state index contributed by atoms with van der Waals surface area (Å²) in [5.41, 5.74) is 5.52. The highest BCUT2D eigenvalue weighted by atomic mass is 32.1. The fourth-order valence-electron chi connectivity index (χ4n) is 4.75. The zero-order valence-corrected chi connectivity index (χ0v) is 21.9. The van der Waals surface area contributed by atoms with Crippen LogP contribution in [0.25, 0.3) is 21.0 Å². The zero-order chi connectivity index (χ0) is 26.8. The number of primary amides is 1. The molecule has 1 amide bonds. The van der Waals surface area contributed by atoms with Gasteiger partial charge in [0.05, 0.1) is 36.2 Å². The average Bonchev–Trinajstić information content (AvgIpc) is 3.57. The lowest BCUT2D eigenvalue weighted by molar-refractivity contribution is -0.118. The first-order chi connectivity index (χ1) is 18.4. The highest BCUT2D eigenvalue weighted by Crippen LogP contribution is 2.37. The smallest absolute Gasteiger partial charge is 0.332 e. The van der Waals surface area contributed by atoms with E-state index >= 15 is 0 Å². The quantitative estimate of drug-likeness (QED) is 0.342. The van der Waals surface area contributed by atoms with Gasteiger partial charge in [0.1, 0.15) is 29.5 Å². The summed E-state index contributed by atoms with van der Waals surface area (Å²) >= 11 is 1.23. The van der Waals surface area contributed by atoms with Crippen molar-refractivity contribution in [2.45, 2.75) is 45.1 Å². The number of thiophene rings is 1. The molecule has 0 saturated carbocycles. The number of benzene rings is 1. The van der Waals surface area contributed by atoms with Crippen LogP contribution in [0.2, 0.25) is 0 Å². The second-order valence-corrected chi connectivity index (χ2v) is 10.0. The number of hydrogen-bond donors (Lipinski definition) is 1. The summed E-state index contributed by atoms with van der Waals surface area (Å²) in [7, 11) is 1.58. The van der Waals surface area contributed by atoms with Crippen molar-refractivity contribution in [3.05, 3.63) is 68.7 Å². The summed E-state index contributed by atoms with van der Waals surface area (Å²) in [5.74, 6) is 0.154. The first-order valence-corrected chi connectivity index (χ1v) is 13.0. The molecule has 0 spiro atoms. The molecule has 2 N–H and O–H groups in total. The van der Waals surface area contributed by atoms with E-state index in [4.69, 9.17) is 24.4 Å². The molecule has 1 aromatic carbocycles. The molecule has 3 aromatic heterocycles. The van der Waals surface area contributed by atoms with Crippen LogP contribution in [-0.4, -0.2) is 46.5 Å². The van der Waals surface area contributed by atoms with Crippen LogP contribution in [-0.2, 0) is 27.4 Å². The third-order valence-electron chi connectivity index (χ3n) is 6.59. The number of nitrogens with two attached hydrogens (primary N) is 1. The van der Waals surface area contributed by atoms with Crippen molar-refractivity contribution < 1.29 is 23.4 Å². The summed E-state index contributed by atoms with van der Waals surface area (Å²) in [6, 6.07) is 7.46. The lowest BCUT2D eigenvalue weighted by Crippen LogP contribution is -2.43. The molecule has 4 aromatic rings. The van der Waals surface area contributed by atoms with Crippen LogP contribution in [0.15, 0.2) is 50.7 Å². The second kappa shape index (κ2) is 10.9. The monoisotopic (exact) mass is 540 g/mol. The van der Waals surface area contributed by atoms with E-state index in [0.29, 0.717) is 58.4 Å². The molecule has 5 rings (SSSR count). The minimum Gasteiger partial charge on any atom is -0.496 e. The van der Waals surface area contributed by atoms with Crippen LogP contribution in [0.1, 0.15) is 30.1 Å². The highest BCUT2D eigenvalue weighted by Gasteiger charge is 2.28. The lowest BCUT2D eigenvalue weighted by Gasteiger charge is -2.29. The maximum absolute atomic E-state index is 13.7. The van der Waals surface area contributed by atoms with Gasteiger partial charge in [-0.05, 0) is 31.4 Å². The zero-order valence-electron chi connectivity index (χ0n) is 21.0. The Hall–Kier alpha value is -3.74. The van der Waals surface area contributed by atoms with Crippen LogP contribution in [0.4, 0.5) is 0 Å². The third kappa shape index (κ3) is 4.89. The molecule has 1 unspecified atom stereocenters. The molecule has 4 heterocycles. The van der Waals surface area contributed by atoms with E-state index in [9.17, 15) is 14.4 Å². The molecule has 1 aliphatic heterocycles. The third-order valence-corrected chi connectivity index (χ3v) is 7.90. The Bertz CT molecular complexity index is 1560. The first kappa shape index (κ1) is 25.9. The molecule has 1 aliphatic rings. The van der Waals surface area contributed by atoms with Crippen LogP contribution in [0.3, 0.4) is 0 Å². The van der Waals surface area contributed by atoms with Crippen molar-refractivity contribution in [1.82, 2.24) is 14.1 Å². The van der Waals surface area contributed by atoms with Crippen LogP contribution < -0.4 is 21.7 Å². The molecule has 11 nitrogen and oxygen atoms in total. The van der Waals surface area contributed by atoms with Crippen molar-refractivity contribution in [3.63, 3.8) is 0 Å². The van der Waals surface area contributed by atoms with Gasteiger partial charge in [-0.1, -0.05) is 18.2 Å². The Labute approximate surface area is 221 Å². The fraction of sp³-hybridized carbons (Fsp3) is 0.385. The van der Waals surface area contributed by atoms with Gasteiger partial charge in [-0.15, -0.1) is 11.3 Å². The van der Waals surface area contributed by atoms with E-state index in [2.05, 4.69) is 4.98 Å². The van der Waals surface area contributed by atoms with Crippen molar-refractivity contribution in [2.24, 2.45) is 5.73 Å². The summed E-state index contributed by atoms with van der Waals surface area (Å²) < 4.78 is 25.5. The Kier molecular flexibility index (Phi) is 7.45. The van der Waals surface area contributed by atoms with Gasteiger partial charge >= 0.3 is 5.69 Å². The molecular formula is C26H28N4O7S. The van der Waals surface area contributed by atoms with Gasteiger partial charge in [0.15, 0.2) is 0 Å². The minimum absolute atomic E-state index is 0.0665. The van der Waals surface area contributed by atoms with Crippen molar-refractivity contribution >= 4 is 27.5 Å². The Morgan fingerprint density at radius 1 is 1.24 bits per heavy atom. The normalized spacial score (nSPS) is 15.1. The molecule has 200 valence electrons. The van der Waals surface area contributed by atoms with Gasteiger partial charge < -0.3 is 24.4 Å². The maximum atomic E-state index is 13.7. The van der Waals surface area contributed by atoms with E-state index in [1.165, 1.54) is 28.4 Å². The van der Waals surface area contributed by atoms with Crippen molar-refractivity contribution in [2.75, 3.05) is 20.3 Å². The number of rotatable bonds is 9. The molecular weight excluding hydrogens is 512 g/mol. The molecule has 0 bridgehead atoms. The summed E-state index contributed by atoms with van der Waals surface area (Å²) in [6.07, 6.45) is 3.69. The van der Waals surface area contributed by atoms with Gasteiger partial charge in [-0.25, -0.2) is 9.78 Å². The van der Waals surface area contributed by atoms with Gasteiger partial charge in [-0.2, -0.15) is 0 Å². The second-order valence-electron chi connectivity index (χ2n) is 9.00. The number of para-hydroxylation sites is 1. The molecule has 38 heavy (non-hydrogen) atoms. The molecule has 0 radical (unpaired) electrons. The van der Waals surface area contributed by atoms with Crippen LogP contribution in [0, 0.1) is 6.92 Å². The van der Waals surface area contributed by atoms with Gasteiger partial charge in [0.2, 0.25) is 11.8 Å². The van der Waals surface area contributed by atoms with Crippen LogP contribution >= 0.6 is 11.3 Å². The predicted molar refractivity (Wildman–Crippen MR) is 140 cm³/mol. The van der Waals surface area contributed by atoms with Crippen molar-refractivity contribution in [3.8, 4) is 16.5 Å². The predicted octanol–water partition coefficient (Wildman–Crippen LogP) is 2.62. The number of ether oxygens (including phenoxy) is 3. The SMILES string of the molecule is COc1ccccc1C(Cn1c(=O)n(CC(N)=O)c(=O)c2c(C)c(-c3ncco3)sc21)OC1CCOCC1. The molecule has 1 atom stereocenters. The highest BCUT2D eigenvalue weighted by molar-refractivity contribution is 7.22. The average molecular weight is 541 g/mol. The molecule has 1 saturated heterocycles. The first-order valence-electron chi connectivity index (χ1n) is 12.2. The van der Waals surface area contributed by atoms with Gasteiger partial charge in [0.25, 0.3) is 5.56 Å². The number of amides is 1. The lowest BCUT2D eigenvalue weighted by atomic mass is 10.1. The summed E-state index contributed by atoms with van der Waals surface area (Å²) in [4.78, 5) is 44.3. The number of oxazole rings is 1. The molecule has 12 heteroatoms. The number of aryl methyl sites for hydroxylation is 1. The van der Waals surface area contributed by atoms with Crippen molar-refractivity contribution in [1.29, 1.82) is 0 Å². The number of aromatic nitrogens is 3. The Morgan fingerprint density at radius 2 is 2.00 bits per heavy atom. The fourth-order valence-corrected chi connectivity index (χ4v) is 5.99. The summed E-state index contributed by atoms with van der Waals surface area (Å²) in [5, 5.41) is 0.300. The van der Waals surface area contributed by atoms with Gasteiger partial charge in [-0.3, -0.25) is 18.7 Å². The number of hydrogen-bond acceptors (Lipinski definition) is 9. The topological polar surface area (TPSA) is 141 Å².